The van der Waals surface area contributed by atoms with E-state index >= 15 is 0 Å². The van der Waals surface area contributed by atoms with Gasteiger partial charge in [-0.1, -0.05) is 13.0 Å². The first-order chi connectivity index (χ1) is 6.06. The summed E-state index contributed by atoms with van der Waals surface area (Å²) in [4.78, 5) is 0. The highest BCUT2D eigenvalue weighted by Gasteiger charge is 2.13. The SMILES string of the molecule is CCc1cc(F)c(F)c(C(C)O)c1. The number of aliphatic hydroxyl groups is 1. The van der Waals surface area contributed by atoms with Gasteiger partial charge in [-0.15, -0.1) is 0 Å². The lowest BCUT2D eigenvalue weighted by molar-refractivity contribution is 0.192. The number of benzene rings is 1. The number of rotatable bonds is 2. The number of aryl methyl sites for hydroxylation is 1. The normalized spacial score (nSPS) is 13.0. The van der Waals surface area contributed by atoms with Crippen molar-refractivity contribution in [3.05, 3.63) is 34.9 Å². The molecule has 1 aromatic carbocycles. The molecular weight excluding hydrogens is 174 g/mol. The minimum Gasteiger partial charge on any atom is -0.389 e. The Morgan fingerprint density at radius 2 is 2.00 bits per heavy atom. The summed E-state index contributed by atoms with van der Waals surface area (Å²) in [6.07, 6.45) is -0.349. The monoisotopic (exact) mass is 186 g/mol. The summed E-state index contributed by atoms with van der Waals surface area (Å²) in [7, 11) is 0. The molecule has 0 aliphatic heterocycles. The summed E-state index contributed by atoms with van der Waals surface area (Å²) >= 11 is 0. The van der Waals surface area contributed by atoms with Gasteiger partial charge in [0.2, 0.25) is 0 Å². The maximum atomic E-state index is 13.0. The van der Waals surface area contributed by atoms with E-state index in [4.69, 9.17) is 5.11 Å². The van der Waals surface area contributed by atoms with Gasteiger partial charge in [0, 0.05) is 5.56 Å². The number of halogens is 2. The Bertz CT molecular complexity index is 308. The molecular formula is C10H12F2O. The fourth-order valence-corrected chi connectivity index (χ4v) is 1.18. The maximum absolute atomic E-state index is 13.0. The molecule has 1 aromatic rings. The van der Waals surface area contributed by atoms with Gasteiger partial charge >= 0.3 is 0 Å². The fourth-order valence-electron chi connectivity index (χ4n) is 1.18. The lowest BCUT2D eigenvalue weighted by Gasteiger charge is -2.08. The van der Waals surface area contributed by atoms with Gasteiger partial charge in [-0.2, -0.15) is 0 Å². The van der Waals surface area contributed by atoms with Gasteiger partial charge in [-0.25, -0.2) is 8.78 Å². The van der Waals surface area contributed by atoms with Crippen molar-refractivity contribution in [3.63, 3.8) is 0 Å². The third kappa shape index (κ3) is 2.04. The molecule has 0 amide bonds. The Morgan fingerprint density at radius 1 is 1.38 bits per heavy atom. The molecule has 1 N–H and O–H groups in total. The molecule has 0 heterocycles. The van der Waals surface area contributed by atoms with E-state index in [9.17, 15) is 8.78 Å². The number of hydrogen-bond acceptors (Lipinski definition) is 1. The number of aliphatic hydroxyl groups excluding tert-OH is 1. The van der Waals surface area contributed by atoms with Crippen LogP contribution in [0.5, 0.6) is 0 Å². The van der Waals surface area contributed by atoms with Crippen LogP contribution >= 0.6 is 0 Å². The second-order valence-corrected chi connectivity index (χ2v) is 3.01. The van der Waals surface area contributed by atoms with E-state index in [2.05, 4.69) is 0 Å². The van der Waals surface area contributed by atoms with Crippen LogP contribution in [-0.4, -0.2) is 5.11 Å². The minimum absolute atomic E-state index is 0.0249. The first kappa shape index (κ1) is 10.1. The van der Waals surface area contributed by atoms with E-state index in [1.54, 1.807) is 0 Å². The topological polar surface area (TPSA) is 20.2 Å². The second kappa shape index (κ2) is 3.83. The smallest absolute Gasteiger partial charge is 0.164 e. The van der Waals surface area contributed by atoms with Crippen molar-refractivity contribution < 1.29 is 13.9 Å². The van der Waals surface area contributed by atoms with Crippen LogP contribution in [0.1, 0.15) is 31.1 Å². The Labute approximate surface area is 76.0 Å². The Morgan fingerprint density at radius 3 is 2.46 bits per heavy atom. The van der Waals surface area contributed by atoms with Gasteiger partial charge in [-0.05, 0) is 25.0 Å². The average Bonchev–Trinajstić information content (AvgIpc) is 2.09. The lowest BCUT2D eigenvalue weighted by Crippen LogP contribution is -2.00. The van der Waals surface area contributed by atoms with Crippen LogP contribution < -0.4 is 0 Å². The summed E-state index contributed by atoms with van der Waals surface area (Å²) in [5.74, 6) is -1.84. The summed E-state index contributed by atoms with van der Waals surface area (Å²) < 4.78 is 25.9. The van der Waals surface area contributed by atoms with Gasteiger partial charge in [0.05, 0.1) is 6.10 Å². The zero-order valence-electron chi connectivity index (χ0n) is 7.64. The van der Waals surface area contributed by atoms with Gasteiger partial charge < -0.3 is 5.11 Å². The first-order valence-corrected chi connectivity index (χ1v) is 4.22. The first-order valence-electron chi connectivity index (χ1n) is 4.22. The van der Waals surface area contributed by atoms with Crippen LogP contribution in [0.2, 0.25) is 0 Å². The summed E-state index contributed by atoms with van der Waals surface area (Å²) in [5.41, 5.74) is 0.714. The van der Waals surface area contributed by atoms with Crippen LogP contribution in [0.4, 0.5) is 8.78 Å². The summed E-state index contributed by atoms with van der Waals surface area (Å²) in [6, 6.07) is 2.64. The van der Waals surface area contributed by atoms with Crippen LogP contribution in [0, 0.1) is 11.6 Å². The zero-order chi connectivity index (χ0) is 10.0. The van der Waals surface area contributed by atoms with Crippen LogP contribution in [-0.2, 0) is 6.42 Å². The highest BCUT2D eigenvalue weighted by Crippen LogP contribution is 2.21. The van der Waals surface area contributed by atoms with Crippen molar-refractivity contribution in [3.8, 4) is 0 Å². The van der Waals surface area contributed by atoms with Gasteiger partial charge in [0.25, 0.3) is 0 Å². The van der Waals surface area contributed by atoms with Crippen molar-refractivity contribution >= 4 is 0 Å². The van der Waals surface area contributed by atoms with Gasteiger partial charge in [-0.3, -0.25) is 0 Å². The van der Waals surface area contributed by atoms with E-state index in [1.807, 2.05) is 6.92 Å². The summed E-state index contributed by atoms with van der Waals surface area (Å²) in [6.45, 7) is 3.26. The zero-order valence-corrected chi connectivity index (χ0v) is 7.64. The fraction of sp³-hybridized carbons (Fsp3) is 0.400. The largest absolute Gasteiger partial charge is 0.389 e. The van der Waals surface area contributed by atoms with Crippen molar-refractivity contribution in [1.82, 2.24) is 0 Å². The molecule has 1 atom stereocenters. The van der Waals surface area contributed by atoms with Crippen molar-refractivity contribution in [2.45, 2.75) is 26.4 Å². The molecule has 13 heavy (non-hydrogen) atoms. The third-order valence-corrected chi connectivity index (χ3v) is 1.97. The molecule has 0 spiro atoms. The predicted octanol–water partition coefficient (Wildman–Crippen LogP) is 2.58. The minimum atomic E-state index is -0.971. The van der Waals surface area contributed by atoms with Crippen LogP contribution in [0.3, 0.4) is 0 Å². The molecule has 0 aliphatic rings. The molecule has 0 bridgehead atoms. The average molecular weight is 186 g/mol. The maximum Gasteiger partial charge on any atom is 0.164 e. The standard InChI is InChI=1S/C10H12F2O/c1-3-7-4-8(6(2)13)10(12)9(11)5-7/h4-6,13H,3H2,1-2H3. The number of hydrogen-bond donors (Lipinski definition) is 1. The molecule has 0 saturated heterocycles. The predicted molar refractivity (Wildman–Crippen MR) is 46.4 cm³/mol. The van der Waals surface area contributed by atoms with E-state index in [0.717, 1.165) is 6.07 Å². The van der Waals surface area contributed by atoms with Crippen molar-refractivity contribution in [2.24, 2.45) is 0 Å². The molecule has 0 aromatic heterocycles. The van der Waals surface area contributed by atoms with Crippen molar-refractivity contribution in [1.29, 1.82) is 0 Å². The lowest BCUT2D eigenvalue weighted by atomic mass is 10.0. The molecule has 0 saturated carbocycles. The molecule has 0 fully saturated rings. The third-order valence-electron chi connectivity index (χ3n) is 1.97. The molecule has 1 unspecified atom stereocenters. The second-order valence-electron chi connectivity index (χ2n) is 3.01. The van der Waals surface area contributed by atoms with E-state index in [-0.39, 0.29) is 5.56 Å². The van der Waals surface area contributed by atoms with E-state index < -0.39 is 17.7 Å². The highest BCUT2D eigenvalue weighted by molar-refractivity contribution is 5.27. The molecule has 72 valence electrons. The molecule has 1 nitrogen and oxygen atoms in total. The van der Waals surface area contributed by atoms with Gasteiger partial charge in [0.15, 0.2) is 11.6 Å². The van der Waals surface area contributed by atoms with Crippen LogP contribution in [0.15, 0.2) is 12.1 Å². The van der Waals surface area contributed by atoms with Gasteiger partial charge in [0.1, 0.15) is 0 Å². The Hall–Kier alpha value is -0.960. The summed E-state index contributed by atoms with van der Waals surface area (Å²) in [5, 5.41) is 9.14. The molecule has 0 radical (unpaired) electrons. The van der Waals surface area contributed by atoms with Crippen molar-refractivity contribution in [2.75, 3.05) is 0 Å². The quantitative estimate of drug-likeness (QED) is 0.752. The molecule has 3 heteroatoms. The van der Waals surface area contributed by atoms with Crippen LogP contribution in [0.25, 0.3) is 0 Å². The Balaban J connectivity index is 3.25. The molecule has 1 rings (SSSR count). The molecule has 0 aliphatic carbocycles. The Kier molecular flexibility index (Phi) is 2.98. The van der Waals surface area contributed by atoms with E-state index in [1.165, 1.54) is 13.0 Å². The van der Waals surface area contributed by atoms with E-state index in [0.29, 0.717) is 12.0 Å². The highest BCUT2D eigenvalue weighted by atomic mass is 19.2.